The predicted molar refractivity (Wildman–Crippen MR) is 76.5 cm³/mol. The Morgan fingerprint density at radius 1 is 1.11 bits per heavy atom. The van der Waals surface area contributed by atoms with E-state index in [0.29, 0.717) is 5.69 Å². The summed E-state index contributed by atoms with van der Waals surface area (Å²) >= 11 is 0. The van der Waals surface area contributed by atoms with E-state index >= 15 is 0 Å². The number of ketones is 1. The molecule has 1 aromatic heterocycles. The molecule has 4 heteroatoms. The fourth-order valence-corrected chi connectivity index (χ4v) is 1.53. The zero-order chi connectivity index (χ0) is 14.5. The van der Waals surface area contributed by atoms with Gasteiger partial charge < -0.3 is 0 Å². The summed E-state index contributed by atoms with van der Waals surface area (Å²) in [5.74, 6) is 0.0337. The van der Waals surface area contributed by atoms with Gasteiger partial charge >= 0.3 is 0 Å². The van der Waals surface area contributed by atoms with Crippen molar-refractivity contribution in [2.24, 2.45) is 5.41 Å². The van der Waals surface area contributed by atoms with Gasteiger partial charge in [0.2, 0.25) is 0 Å². The van der Waals surface area contributed by atoms with Crippen molar-refractivity contribution in [3.63, 3.8) is 0 Å². The van der Waals surface area contributed by atoms with Gasteiger partial charge in [0, 0.05) is 5.41 Å². The van der Waals surface area contributed by atoms with Crippen molar-refractivity contribution in [3.8, 4) is 5.69 Å². The minimum Gasteiger partial charge on any atom is -0.292 e. The lowest BCUT2D eigenvalue weighted by Gasteiger charge is -2.16. The zero-order valence-corrected chi connectivity index (χ0v) is 12.2. The molecule has 0 aliphatic heterocycles. The molecule has 0 atom stereocenters. The summed E-state index contributed by atoms with van der Waals surface area (Å²) in [7, 11) is 0. The molecule has 2 aromatic rings. The first kappa shape index (κ1) is 15.1. The largest absolute Gasteiger partial charge is 0.292 e. The van der Waals surface area contributed by atoms with Crippen LogP contribution in [0.25, 0.3) is 5.69 Å². The Balaban J connectivity index is 0.000000861. The van der Waals surface area contributed by atoms with Gasteiger partial charge in [0.05, 0.1) is 11.9 Å². The van der Waals surface area contributed by atoms with Crippen LogP contribution >= 0.6 is 0 Å². The van der Waals surface area contributed by atoms with Gasteiger partial charge in [-0.3, -0.25) is 4.79 Å². The predicted octanol–water partition coefficient (Wildman–Crippen LogP) is 3.52. The summed E-state index contributed by atoms with van der Waals surface area (Å²) in [5, 5.41) is 7.79. The van der Waals surface area contributed by atoms with Gasteiger partial charge in [-0.1, -0.05) is 58.0 Å². The summed E-state index contributed by atoms with van der Waals surface area (Å²) in [5.41, 5.74) is 0.926. The van der Waals surface area contributed by atoms with Crippen molar-refractivity contribution in [3.05, 3.63) is 42.2 Å². The van der Waals surface area contributed by atoms with Crippen LogP contribution in [-0.2, 0) is 0 Å². The maximum absolute atomic E-state index is 12.2. The summed E-state index contributed by atoms with van der Waals surface area (Å²) in [6.45, 7) is 9.66. The van der Waals surface area contributed by atoms with Gasteiger partial charge in [0.1, 0.15) is 5.69 Å². The van der Waals surface area contributed by atoms with Crippen molar-refractivity contribution >= 4 is 5.78 Å². The number of hydrogen-bond acceptors (Lipinski definition) is 3. The Morgan fingerprint density at radius 2 is 1.68 bits per heavy atom. The standard InChI is InChI=1S/C13H15N3O.C2H6/c1-13(2,3)12(17)11-9-14-15-16(11)10-7-5-4-6-8-10;1-2/h4-9H,1-3H3;1-2H3. The Kier molecular flexibility index (Phi) is 4.98. The maximum Gasteiger partial charge on any atom is 0.188 e. The lowest BCUT2D eigenvalue weighted by atomic mass is 9.89. The summed E-state index contributed by atoms with van der Waals surface area (Å²) < 4.78 is 1.58. The molecule has 1 aromatic carbocycles. The zero-order valence-electron chi connectivity index (χ0n) is 12.2. The third-order valence-electron chi connectivity index (χ3n) is 2.46. The number of rotatable bonds is 2. The first-order valence-corrected chi connectivity index (χ1v) is 6.51. The second kappa shape index (κ2) is 6.27. The normalized spacial score (nSPS) is 10.6. The Morgan fingerprint density at radius 3 is 2.21 bits per heavy atom. The summed E-state index contributed by atoms with van der Waals surface area (Å²) in [4.78, 5) is 12.2. The van der Waals surface area contributed by atoms with Crippen molar-refractivity contribution < 1.29 is 4.79 Å². The van der Waals surface area contributed by atoms with Crippen molar-refractivity contribution in [1.29, 1.82) is 0 Å². The molecule has 2 rings (SSSR count). The van der Waals surface area contributed by atoms with Gasteiger partial charge in [0.15, 0.2) is 5.78 Å². The Labute approximate surface area is 114 Å². The van der Waals surface area contributed by atoms with E-state index < -0.39 is 5.41 Å². The van der Waals surface area contributed by atoms with Crippen LogP contribution in [0.5, 0.6) is 0 Å². The van der Waals surface area contributed by atoms with E-state index in [9.17, 15) is 4.79 Å². The molecule has 0 fully saturated rings. The number of aromatic nitrogens is 3. The van der Waals surface area contributed by atoms with E-state index in [-0.39, 0.29) is 5.78 Å². The maximum atomic E-state index is 12.2. The highest BCUT2D eigenvalue weighted by molar-refractivity contribution is 5.98. The molecule has 0 amide bonds. The Hall–Kier alpha value is -1.97. The number of carbonyl (C=O) groups excluding carboxylic acids is 1. The minimum absolute atomic E-state index is 0.0337. The molecule has 0 spiro atoms. The van der Waals surface area contributed by atoms with Crippen LogP contribution in [0.15, 0.2) is 36.5 Å². The number of nitrogens with zero attached hydrogens (tertiary/aromatic N) is 3. The van der Waals surface area contributed by atoms with Crippen LogP contribution in [0, 0.1) is 5.41 Å². The van der Waals surface area contributed by atoms with Crippen LogP contribution in [0.2, 0.25) is 0 Å². The fraction of sp³-hybridized carbons (Fsp3) is 0.400. The van der Waals surface area contributed by atoms with Crippen molar-refractivity contribution in [2.45, 2.75) is 34.6 Å². The van der Waals surface area contributed by atoms with Gasteiger partial charge in [0.25, 0.3) is 0 Å². The molecule has 19 heavy (non-hydrogen) atoms. The molecule has 0 aliphatic carbocycles. The number of hydrogen-bond donors (Lipinski definition) is 0. The van der Waals surface area contributed by atoms with E-state index in [1.54, 1.807) is 4.68 Å². The molecule has 1 heterocycles. The molecule has 4 nitrogen and oxygen atoms in total. The van der Waals surface area contributed by atoms with Crippen LogP contribution < -0.4 is 0 Å². The van der Waals surface area contributed by atoms with Crippen LogP contribution in [0.1, 0.15) is 45.1 Å². The van der Waals surface area contributed by atoms with Crippen LogP contribution in [0.4, 0.5) is 0 Å². The highest BCUT2D eigenvalue weighted by Crippen LogP contribution is 2.21. The second-order valence-electron chi connectivity index (χ2n) is 4.95. The van der Waals surface area contributed by atoms with E-state index in [1.807, 2.05) is 65.0 Å². The second-order valence-corrected chi connectivity index (χ2v) is 4.95. The lowest BCUT2D eigenvalue weighted by molar-refractivity contribution is 0.0850. The quantitative estimate of drug-likeness (QED) is 0.775. The number of carbonyl (C=O) groups is 1. The molecular formula is C15H21N3O. The number of Topliss-reactive ketones (excluding diaryl/α,β-unsaturated/α-hetero) is 1. The molecule has 0 unspecified atom stereocenters. The molecular weight excluding hydrogens is 238 g/mol. The van der Waals surface area contributed by atoms with Crippen LogP contribution in [0.3, 0.4) is 0 Å². The molecule has 0 N–H and O–H groups in total. The average Bonchev–Trinajstić information content (AvgIpc) is 2.89. The molecule has 0 radical (unpaired) electrons. The van der Waals surface area contributed by atoms with E-state index in [2.05, 4.69) is 10.3 Å². The highest BCUT2D eigenvalue weighted by Gasteiger charge is 2.26. The average molecular weight is 259 g/mol. The topological polar surface area (TPSA) is 47.8 Å². The molecule has 102 valence electrons. The molecule has 0 saturated carbocycles. The first-order valence-electron chi connectivity index (χ1n) is 6.51. The first-order chi connectivity index (χ1) is 9.00. The smallest absolute Gasteiger partial charge is 0.188 e. The minimum atomic E-state index is -0.436. The van der Waals surface area contributed by atoms with Gasteiger partial charge in [-0.15, -0.1) is 5.10 Å². The van der Waals surface area contributed by atoms with Crippen molar-refractivity contribution in [2.75, 3.05) is 0 Å². The lowest BCUT2D eigenvalue weighted by Crippen LogP contribution is -2.23. The summed E-state index contributed by atoms with van der Waals surface area (Å²) in [6, 6.07) is 9.53. The van der Waals surface area contributed by atoms with Crippen molar-refractivity contribution in [1.82, 2.24) is 15.0 Å². The third-order valence-corrected chi connectivity index (χ3v) is 2.46. The third kappa shape index (κ3) is 3.50. The Bertz CT molecular complexity index is 524. The number of benzene rings is 1. The van der Waals surface area contributed by atoms with E-state index in [4.69, 9.17) is 0 Å². The van der Waals surface area contributed by atoms with E-state index in [1.165, 1.54) is 6.20 Å². The molecule has 0 bridgehead atoms. The monoisotopic (exact) mass is 259 g/mol. The fourth-order valence-electron chi connectivity index (χ4n) is 1.53. The van der Waals surface area contributed by atoms with Crippen LogP contribution in [-0.4, -0.2) is 20.8 Å². The molecule has 0 saturated heterocycles. The SMILES string of the molecule is CC.CC(C)(C)C(=O)c1cnnn1-c1ccccc1. The number of para-hydroxylation sites is 1. The van der Waals surface area contributed by atoms with Gasteiger partial charge in [-0.05, 0) is 12.1 Å². The molecule has 0 aliphatic rings. The summed E-state index contributed by atoms with van der Waals surface area (Å²) in [6.07, 6.45) is 1.51. The highest BCUT2D eigenvalue weighted by atomic mass is 16.1. The van der Waals surface area contributed by atoms with Gasteiger partial charge in [-0.2, -0.15) is 0 Å². The van der Waals surface area contributed by atoms with Gasteiger partial charge in [-0.25, -0.2) is 4.68 Å². The van der Waals surface area contributed by atoms with E-state index in [0.717, 1.165) is 5.69 Å².